The Morgan fingerprint density at radius 3 is 2.33 bits per heavy atom. The fourth-order valence-corrected chi connectivity index (χ4v) is 3.28. The van der Waals surface area contributed by atoms with Crippen molar-refractivity contribution in [1.29, 1.82) is 0 Å². The van der Waals surface area contributed by atoms with Gasteiger partial charge >= 0.3 is 0 Å². The van der Waals surface area contributed by atoms with Crippen LogP contribution in [0.4, 0.5) is 0 Å². The summed E-state index contributed by atoms with van der Waals surface area (Å²) in [5.74, 6) is 1.43. The van der Waals surface area contributed by atoms with Crippen molar-refractivity contribution < 1.29 is 9.53 Å². The number of benzene rings is 2. The molecule has 4 rings (SSSR count). The number of methoxy groups -OCH3 is 1. The van der Waals surface area contributed by atoms with Gasteiger partial charge in [-0.1, -0.05) is 11.6 Å². The second kappa shape index (κ2) is 7.40. The Labute approximate surface area is 162 Å². The van der Waals surface area contributed by atoms with E-state index in [1.54, 1.807) is 28.8 Å². The van der Waals surface area contributed by atoms with E-state index in [1.165, 1.54) is 0 Å². The highest BCUT2D eigenvalue weighted by Crippen LogP contribution is 2.25. The first-order chi connectivity index (χ1) is 13.2. The van der Waals surface area contributed by atoms with Crippen LogP contribution in [0.3, 0.4) is 0 Å². The summed E-state index contributed by atoms with van der Waals surface area (Å²) in [5, 5.41) is 5.15. The van der Waals surface area contributed by atoms with E-state index in [-0.39, 0.29) is 11.7 Å². The Morgan fingerprint density at radius 2 is 1.70 bits per heavy atom. The van der Waals surface area contributed by atoms with Gasteiger partial charge in [-0.05, 0) is 61.4 Å². The third kappa shape index (κ3) is 3.53. The fraction of sp³-hybridized carbons (Fsp3) is 0.250. The van der Waals surface area contributed by atoms with Crippen LogP contribution in [0.2, 0.25) is 5.02 Å². The number of carbonyl (C=O) groups excluding carboxylic acids is 1. The Kier molecular flexibility index (Phi) is 4.81. The summed E-state index contributed by atoms with van der Waals surface area (Å²) in [7, 11) is 1.62. The van der Waals surface area contributed by atoms with Gasteiger partial charge in [-0.2, -0.15) is 0 Å². The molecule has 2 aromatic carbocycles. The van der Waals surface area contributed by atoms with Gasteiger partial charge < -0.3 is 9.64 Å². The summed E-state index contributed by atoms with van der Waals surface area (Å²) in [4.78, 5) is 19.1. The molecule has 1 aromatic heterocycles. The number of carbonyl (C=O) groups is 1. The molecule has 0 bridgehead atoms. The van der Waals surface area contributed by atoms with E-state index in [2.05, 4.69) is 10.1 Å². The highest BCUT2D eigenvalue weighted by Gasteiger charge is 2.25. The van der Waals surface area contributed by atoms with E-state index in [0.717, 1.165) is 42.9 Å². The lowest BCUT2D eigenvalue weighted by atomic mass is 10.2. The molecule has 0 spiro atoms. The molecule has 0 N–H and O–H groups in total. The van der Waals surface area contributed by atoms with Crippen molar-refractivity contribution >= 4 is 17.5 Å². The average molecular weight is 383 g/mol. The van der Waals surface area contributed by atoms with Gasteiger partial charge in [-0.25, -0.2) is 9.67 Å². The zero-order chi connectivity index (χ0) is 18.8. The fourth-order valence-electron chi connectivity index (χ4n) is 3.15. The molecule has 0 saturated carbocycles. The molecule has 0 unspecified atom stereocenters. The first-order valence-electron chi connectivity index (χ1n) is 8.82. The zero-order valence-corrected chi connectivity index (χ0v) is 15.7. The first-order valence-corrected chi connectivity index (χ1v) is 9.20. The van der Waals surface area contributed by atoms with Crippen LogP contribution in [0.15, 0.2) is 48.5 Å². The zero-order valence-electron chi connectivity index (χ0n) is 14.9. The third-order valence-electron chi connectivity index (χ3n) is 4.61. The predicted octanol–water partition coefficient (Wildman–Crippen LogP) is 3.83. The lowest BCUT2D eigenvalue weighted by Gasteiger charge is -2.11. The van der Waals surface area contributed by atoms with Gasteiger partial charge in [-0.15, -0.1) is 5.10 Å². The predicted molar refractivity (Wildman–Crippen MR) is 103 cm³/mol. The van der Waals surface area contributed by atoms with Crippen molar-refractivity contribution in [1.82, 2.24) is 19.7 Å². The molecule has 1 amide bonds. The minimum absolute atomic E-state index is 0.130. The Balaban J connectivity index is 1.78. The number of ether oxygens (including phenoxy) is 1. The van der Waals surface area contributed by atoms with Crippen LogP contribution in [0.5, 0.6) is 5.75 Å². The molecule has 1 aliphatic heterocycles. The molecule has 3 aromatic rings. The van der Waals surface area contributed by atoms with Crippen LogP contribution in [0.25, 0.3) is 17.1 Å². The Hall–Kier alpha value is -2.86. The van der Waals surface area contributed by atoms with Gasteiger partial charge in [0.25, 0.3) is 5.91 Å². The minimum Gasteiger partial charge on any atom is -0.497 e. The number of rotatable bonds is 4. The highest BCUT2D eigenvalue weighted by atomic mass is 35.5. The SMILES string of the molecule is COc1ccc(-c2nc(C(=O)N3CCCC3)nn2-c2ccc(Cl)cc2)cc1. The molecular formula is C20H19ClN4O2. The molecule has 6 nitrogen and oxygen atoms in total. The second-order valence-corrected chi connectivity index (χ2v) is 6.81. The van der Waals surface area contributed by atoms with E-state index in [0.29, 0.717) is 10.8 Å². The molecule has 2 heterocycles. The average Bonchev–Trinajstić information content (AvgIpc) is 3.38. The van der Waals surface area contributed by atoms with E-state index in [4.69, 9.17) is 16.3 Å². The summed E-state index contributed by atoms with van der Waals surface area (Å²) in [6, 6.07) is 14.8. The van der Waals surface area contributed by atoms with Gasteiger partial charge in [0.1, 0.15) is 5.75 Å². The van der Waals surface area contributed by atoms with Gasteiger partial charge in [-0.3, -0.25) is 4.79 Å². The number of aromatic nitrogens is 3. The molecule has 1 fully saturated rings. The Morgan fingerprint density at radius 1 is 1.04 bits per heavy atom. The molecule has 1 saturated heterocycles. The van der Waals surface area contributed by atoms with Crippen molar-refractivity contribution in [3.05, 3.63) is 59.4 Å². The number of nitrogens with zero attached hydrogens (tertiary/aromatic N) is 4. The molecule has 0 atom stereocenters. The van der Waals surface area contributed by atoms with Crippen LogP contribution < -0.4 is 4.74 Å². The minimum atomic E-state index is -0.130. The van der Waals surface area contributed by atoms with Crippen molar-refractivity contribution in [2.24, 2.45) is 0 Å². The van der Waals surface area contributed by atoms with Crippen molar-refractivity contribution in [3.8, 4) is 22.8 Å². The number of hydrogen-bond donors (Lipinski definition) is 0. The summed E-state index contributed by atoms with van der Waals surface area (Å²) in [6.45, 7) is 1.51. The van der Waals surface area contributed by atoms with Gasteiger partial charge in [0.15, 0.2) is 5.82 Å². The summed E-state index contributed by atoms with van der Waals surface area (Å²) in [5.41, 5.74) is 1.64. The molecule has 7 heteroatoms. The number of amides is 1. The number of halogens is 1. The van der Waals surface area contributed by atoms with Crippen LogP contribution >= 0.6 is 11.6 Å². The molecular weight excluding hydrogens is 364 g/mol. The maximum absolute atomic E-state index is 12.8. The normalized spacial score (nSPS) is 13.8. The molecule has 138 valence electrons. The van der Waals surface area contributed by atoms with Crippen molar-refractivity contribution in [2.75, 3.05) is 20.2 Å². The van der Waals surface area contributed by atoms with Crippen molar-refractivity contribution in [2.45, 2.75) is 12.8 Å². The molecule has 1 aliphatic rings. The summed E-state index contributed by atoms with van der Waals surface area (Å²) in [6.07, 6.45) is 2.05. The standard InChI is InChI=1S/C20H19ClN4O2/c1-27-17-10-4-14(5-11-17)19-22-18(20(26)24-12-2-3-13-24)23-25(19)16-8-6-15(21)7-9-16/h4-11H,2-3,12-13H2,1H3. The maximum Gasteiger partial charge on any atom is 0.293 e. The van der Waals surface area contributed by atoms with Crippen LogP contribution in [-0.4, -0.2) is 45.8 Å². The lowest BCUT2D eigenvalue weighted by Crippen LogP contribution is -2.28. The van der Waals surface area contributed by atoms with E-state index >= 15 is 0 Å². The van der Waals surface area contributed by atoms with Gasteiger partial charge in [0.2, 0.25) is 5.82 Å². The van der Waals surface area contributed by atoms with E-state index < -0.39 is 0 Å². The monoisotopic (exact) mass is 382 g/mol. The second-order valence-electron chi connectivity index (χ2n) is 6.38. The highest BCUT2D eigenvalue weighted by molar-refractivity contribution is 6.30. The largest absolute Gasteiger partial charge is 0.497 e. The quantitative estimate of drug-likeness (QED) is 0.688. The third-order valence-corrected chi connectivity index (χ3v) is 4.86. The maximum atomic E-state index is 12.8. The number of likely N-dealkylation sites (tertiary alicyclic amines) is 1. The van der Waals surface area contributed by atoms with Crippen molar-refractivity contribution in [3.63, 3.8) is 0 Å². The van der Waals surface area contributed by atoms with Crippen LogP contribution in [0.1, 0.15) is 23.5 Å². The smallest absolute Gasteiger partial charge is 0.293 e. The number of hydrogen-bond acceptors (Lipinski definition) is 4. The molecule has 0 radical (unpaired) electrons. The lowest BCUT2D eigenvalue weighted by molar-refractivity contribution is 0.0781. The molecule has 0 aliphatic carbocycles. The van der Waals surface area contributed by atoms with Crippen LogP contribution in [0, 0.1) is 0 Å². The first kappa shape index (κ1) is 17.5. The summed E-state index contributed by atoms with van der Waals surface area (Å²) < 4.78 is 6.91. The summed E-state index contributed by atoms with van der Waals surface area (Å²) >= 11 is 6.01. The van der Waals surface area contributed by atoms with E-state index in [1.807, 2.05) is 36.4 Å². The van der Waals surface area contributed by atoms with Crippen LogP contribution in [-0.2, 0) is 0 Å². The Bertz CT molecular complexity index is 945. The van der Waals surface area contributed by atoms with Gasteiger partial charge in [0.05, 0.1) is 12.8 Å². The van der Waals surface area contributed by atoms with E-state index in [9.17, 15) is 4.79 Å². The van der Waals surface area contributed by atoms with Gasteiger partial charge in [0, 0.05) is 23.7 Å². The topological polar surface area (TPSA) is 60.2 Å². The molecule has 27 heavy (non-hydrogen) atoms.